The van der Waals surface area contributed by atoms with Crippen molar-refractivity contribution in [3.8, 4) is 0 Å². The zero-order chi connectivity index (χ0) is 21.6. The van der Waals surface area contributed by atoms with Crippen LogP contribution in [0.15, 0.2) is 17.5 Å². The molecule has 5 rings (SSSR count). The van der Waals surface area contributed by atoms with Gasteiger partial charge in [0, 0.05) is 12.1 Å². The lowest BCUT2D eigenvalue weighted by Crippen LogP contribution is -2.67. The lowest BCUT2D eigenvalue weighted by Gasteiger charge is -2.48. The third-order valence-corrected chi connectivity index (χ3v) is 8.92. The second-order valence-electron chi connectivity index (χ2n) is 10.2. The Kier molecular flexibility index (Phi) is 5.61. The van der Waals surface area contributed by atoms with Crippen molar-refractivity contribution < 1.29 is 9.59 Å². The number of hydrogen-bond donors (Lipinski definition) is 1. The molecule has 6 heteroatoms. The van der Waals surface area contributed by atoms with Gasteiger partial charge in [-0.05, 0) is 56.0 Å². The Morgan fingerprint density at radius 1 is 1.10 bits per heavy atom. The number of nitrogens with one attached hydrogen (secondary N) is 1. The lowest BCUT2D eigenvalue weighted by molar-refractivity contribution is -0.135. The van der Waals surface area contributed by atoms with Crippen molar-refractivity contribution >= 4 is 33.4 Å². The van der Waals surface area contributed by atoms with Gasteiger partial charge in [0.15, 0.2) is 0 Å². The molecule has 5 nitrogen and oxygen atoms in total. The molecule has 1 aliphatic heterocycles. The Labute approximate surface area is 189 Å². The van der Waals surface area contributed by atoms with E-state index in [1.807, 2.05) is 17.9 Å². The largest absolute Gasteiger partial charge is 0.351 e. The normalized spacial score (nSPS) is 30.3. The third kappa shape index (κ3) is 3.61. The van der Waals surface area contributed by atoms with Crippen molar-refractivity contribution in [3.63, 3.8) is 0 Å². The van der Waals surface area contributed by atoms with Gasteiger partial charge in [0.05, 0.1) is 16.8 Å². The summed E-state index contributed by atoms with van der Waals surface area (Å²) in [6.07, 6.45) is 11.4. The molecule has 31 heavy (non-hydrogen) atoms. The summed E-state index contributed by atoms with van der Waals surface area (Å²) in [6.45, 7) is 4.80. The summed E-state index contributed by atoms with van der Waals surface area (Å²) < 4.78 is 3.24. The van der Waals surface area contributed by atoms with Crippen LogP contribution in [0.2, 0.25) is 0 Å². The number of carbonyl (C=O) groups excluding carboxylic acids is 2. The summed E-state index contributed by atoms with van der Waals surface area (Å²) in [5.41, 5.74) is 0.978. The molecule has 0 bridgehead atoms. The highest BCUT2D eigenvalue weighted by molar-refractivity contribution is 7.17. The predicted octanol–water partition coefficient (Wildman–Crippen LogP) is 5.34. The van der Waals surface area contributed by atoms with Crippen LogP contribution < -0.4 is 5.32 Å². The van der Waals surface area contributed by atoms with Crippen LogP contribution in [0.5, 0.6) is 0 Å². The van der Waals surface area contributed by atoms with Gasteiger partial charge in [-0.3, -0.25) is 9.59 Å². The van der Waals surface area contributed by atoms with Crippen LogP contribution in [0.3, 0.4) is 0 Å². The molecular weight excluding hydrogens is 406 g/mol. The number of aromatic nitrogens is 1. The van der Waals surface area contributed by atoms with Gasteiger partial charge in [-0.15, -0.1) is 11.3 Å². The van der Waals surface area contributed by atoms with E-state index in [0.29, 0.717) is 12.5 Å². The summed E-state index contributed by atoms with van der Waals surface area (Å²) >= 11 is 1.67. The fraction of sp³-hybridized carbons (Fsp3) is 0.680. The van der Waals surface area contributed by atoms with Gasteiger partial charge in [0.2, 0.25) is 5.91 Å². The standard InChI is InChI=1S/C25H35N3O2S/c1-17-9-7-8-12-19(17)26-24(30)25(2)16-27-20-13-14-31-22(20)15-21(27)23(29)28(25)18-10-5-3-4-6-11-18/h13-15,17-19H,3-12,16H2,1-2H3,(H,26,30). The van der Waals surface area contributed by atoms with Gasteiger partial charge in [-0.25, -0.2) is 0 Å². The topological polar surface area (TPSA) is 54.3 Å². The van der Waals surface area contributed by atoms with Crippen molar-refractivity contribution in [2.45, 2.75) is 102 Å². The highest BCUT2D eigenvalue weighted by Gasteiger charge is 2.50. The minimum atomic E-state index is -0.857. The van der Waals surface area contributed by atoms with Crippen LogP contribution in [0, 0.1) is 5.92 Å². The summed E-state index contributed by atoms with van der Waals surface area (Å²) in [4.78, 5) is 29.8. The highest BCUT2D eigenvalue weighted by Crippen LogP contribution is 2.38. The van der Waals surface area contributed by atoms with Gasteiger partial charge >= 0.3 is 0 Å². The second-order valence-corrected chi connectivity index (χ2v) is 11.2. The summed E-state index contributed by atoms with van der Waals surface area (Å²) in [6, 6.07) is 4.49. The van der Waals surface area contributed by atoms with E-state index in [1.54, 1.807) is 11.3 Å². The maximum absolute atomic E-state index is 13.9. The van der Waals surface area contributed by atoms with Gasteiger partial charge in [-0.2, -0.15) is 0 Å². The highest BCUT2D eigenvalue weighted by atomic mass is 32.1. The summed E-state index contributed by atoms with van der Waals surface area (Å²) in [7, 11) is 0. The van der Waals surface area contributed by atoms with Gasteiger partial charge in [0.25, 0.3) is 5.91 Å². The molecule has 3 heterocycles. The molecular formula is C25H35N3O2S. The van der Waals surface area contributed by atoms with E-state index in [9.17, 15) is 9.59 Å². The minimum Gasteiger partial charge on any atom is -0.351 e. The first-order chi connectivity index (χ1) is 15.0. The lowest BCUT2D eigenvalue weighted by atomic mass is 9.84. The molecule has 3 unspecified atom stereocenters. The molecule has 2 aromatic rings. The molecule has 0 spiro atoms. The Bertz CT molecular complexity index is 971. The number of hydrogen-bond acceptors (Lipinski definition) is 3. The maximum Gasteiger partial charge on any atom is 0.271 e. The number of rotatable bonds is 3. The van der Waals surface area contributed by atoms with E-state index < -0.39 is 5.54 Å². The number of fused-ring (bicyclic) bond motifs is 3. The number of nitrogens with zero attached hydrogens (tertiary/aromatic N) is 2. The van der Waals surface area contributed by atoms with Crippen molar-refractivity contribution in [2.24, 2.45) is 5.92 Å². The Morgan fingerprint density at radius 3 is 2.55 bits per heavy atom. The van der Waals surface area contributed by atoms with Crippen LogP contribution in [0.25, 0.3) is 10.2 Å². The summed E-state index contributed by atoms with van der Waals surface area (Å²) in [5, 5.41) is 5.48. The smallest absolute Gasteiger partial charge is 0.271 e. The Morgan fingerprint density at radius 2 is 1.81 bits per heavy atom. The fourth-order valence-corrected chi connectivity index (χ4v) is 7.00. The third-order valence-electron chi connectivity index (χ3n) is 8.07. The second kappa shape index (κ2) is 8.27. The zero-order valence-corrected chi connectivity index (χ0v) is 19.7. The van der Waals surface area contributed by atoms with Crippen LogP contribution in [-0.4, -0.2) is 38.9 Å². The first-order valence-corrected chi connectivity index (χ1v) is 13.1. The quantitative estimate of drug-likeness (QED) is 0.654. The number of thiophene rings is 1. The van der Waals surface area contributed by atoms with Crippen molar-refractivity contribution in [1.82, 2.24) is 14.8 Å². The van der Waals surface area contributed by atoms with Gasteiger partial charge < -0.3 is 14.8 Å². The van der Waals surface area contributed by atoms with Crippen molar-refractivity contribution in [1.29, 1.82) is 0 Å². The Hall–Kier alpha value is -1.82. The molecule has 2 aliphatic carbocycles. The molecule has 2 amide bonds. The first-order valence-electron chi connectivity index (χ1n) is 12.2. The molecule has 2 aromatic heterocycles. The van der Waals surface area contributed by atoms with Gasteiger partial charge in [0.1, 0.15) is 11.2 Å². The first kappa shape index (κ1) is 21.0. The summed E-state index contributed by atoms with van der Waals surface area (Å²) in [5.74, 6) is 0.570. The van der Waals surface area contributed by atoms with Crippen LogP contribution >= 0.6 is 11.3 Å². The fourth-order valence-electron chi connectivity index (χ4n) is 6.18. The van der Waals surface area contributed by atoms with E-state index in [0.717, 1.165) is 48.0 Å². The molecule has 168 valence electrons. The van der Waals surface area contributed by atoms with E-state index in [1.165, 1.54) is 32.1 Å². The van der Waals surface area contributed by atoms with Crippen LogP contribution in [0.1, 0.15) is 88.5 Å². The van der Waals surface area contributed by atoms with E-state index >= 15 is 0 Å². The molecule has 0 radical (unpaired) electrons. The van der Waals surface area contributed by atoms with Crippen LogP contribution in [-0.2, 0) is 11.3 Å². The number of carbonyl (C=O) groups is 2. The van der Waals surface area contributed by atoms with Gasteiger partial charge in [-0.1, -0.05) is 45.4 Å². The maximum atomic E-state index is 13.9. The molecule has 0 saturated heterocycles. The van der Waals surface area contributed by atoms with E-state index in [-0.39, 0.29) is 23.9 Å². The molecule has 2 fully saturated rings. The molecule has 3 atom stereocenters. The van der Waals surface area contributed by atoms with Crippen molar-refractivity contribution in [3.05, 3.63) is 23.2 Å². The Balaban J connectivity index is 1.53. The molecule has 1 N–H and O–H groups in total. The molecule has 0 aromatic carbocycles. The van der Waals surface area contributed by atoms with Crippen LogP contribution in [0.4, 0.5) is 0 Å². The number of amides is 2. The van der Waals surface area contributed by atoms with E-state index in [2.05, 4.69) is 28.3 Å². The average Bonchev–Trinajstić information content (AvgIpc) is 3.23. The molecule has 3 aliphatic rings. The van der Waals surface area contributed by atoms with E-state index in [4.69, 9.17) is 0 Å². The molecule has 2 saturated carbocycles. The monoisotopic (exact) mass is 441 g/mol. The van der Waals surface area contributed by atoms with Crippen molar-refractivity contribution in [2.75, 3.05) is 0 Å². The predicted molar refractivity (Wildman–Crippen MR) is 125 cm³/mol. The average molecular weight is 442 g/mol. The zero-order valence-electron chi connectivity index (χ0n) is 18.9. The minimum absolute atomic E-state index is 0.0339. The SMILES string of the molecule is CC1CCCCC1NC(=O)C1(C)Cn2c(cc3sccc32)C(=O)N1C1CCCCCC1.